The SMILES string of the molecule is CCC1CCC(CN)(C2(O)CCc3ccccc3C2)C1. The summed E-state index contributed by atoms with van der Waals surface area (Å²) in [7, 11) is 0. The lowest BCUT2D eigenvalue weighted by molar-refractivity contribution is -0.0898. The Morgan fingerprint density at radius 3 is 2.65 bits per heavy atom. The van der Waals surface area contributed by atoms with Crippen LogP contribution in [0.15, 0.2) is 24.3 Å². The van der Waals surface area contributed by atoms with Gasteiger partial charge in [0, 0.05) is 18.4 Å². The van der Waals surface area contributed by atoms with Crippen LogP contribution < -0.4 is 5.73 Å². The van der Waals surface area contributed by atoms with Crippen molar-refractivity contribution in [3.05, 3.63) is 35.4 Å². The molecule has 0 saturated heterocycles. The molecule has 1 saturated carbocycles. The molecule has 0 radical (unpaired) electrons. The minimum absolute atomic E-state index is 0.0544. The smallest absolute Gasteiger partial charge is 0.0759 e. The Kier molecular flexibility index (Phi) is 3.64. The first-order chi connectivity index (χ1) is 9.62. The molecule has 20 heavy (non-hydrogen) atoms. The summed E-state index contributed by atoms with van der Waals surface area (Å²) < 4.78 is 0. The molecule has 0 heterocycles. The van der Waals surface area contributed by atoms with Crippen LogP contribution in [-0.4, -0.2) is 17.3 Å². The van der Waals surface area contributed by atoms with E-state index in [1.54, 1.807) is 0 Å². The Morgan fingerprint density at radius 2 is 2.00 bits per heavy atom. The standard InChI is InChI=1S/C18H27NO/c1-2-14-7-9-17(11-14,13-19)18(20)10-8-15-5-3-4-6-16(15)12-18/h3-6,14,20H,2,7-13,19H2,1H3. The molecule has 3 rings (SSSR count). The lowest BCUT2D eigenvalue weighted by Gasteiger charge is -2.47. The third kappa shape index (κ3) is 2.10. The van der Waals surface area contributed by atoms with Crippen molar-refractivity contribution in [2.45, 2.75) is 57.5 Å². The zero-order valence-electron chi connectivity index (χ0n) is 12.6. The maximum atomic E-state index is 11.4. The number of aryl methyl sites for hydroxylation is 1. The van der Waals surface area contributed by atoms with Gasteiger partial charge in [0.05, 0.1) is 5.60 Å². The molecule has 0 amide bonds. The number of benzene rings is 1. The van der Waals surface area contributed by atoms with E-state index in [2.05, 4.69) is 31.2 Å². The molecule has 3 unspecified atom stereocenters. The van der Waals surface area contributed by atoms with Gasteiger partial charge in [-0.05, 0) is 49.1 Å². The van der Waals surface area contributed by atoms with Crippen LogP contribution in [0.25, 0.3) is 0 Å². The molecule has 1 aromatic rings. The molecule has 2 aliphatic carbocycles. The summed E-state index contributed by atoms with van der Waals surface area (Å²) in [4.78, 5) is 0. The van der Waals surface area contributed by atoms with Crippen molar-refractivity contribution in [1.82, 2.24) is 0 Å². The highest BCUT2D eigenvalue weighted by atomic mass is 16.3. The van der Waals surface area contributed by atoms with E-state index in [0.29, 0.717) is 6.54 Å². The normalized spacial score (nSPS) is 36.9. The largest absolute Gasteiger partial charge is 0.389 e. The number of nitrogens with two attached hydrogens (primary N) is 1. The Bertz CT molecular complexity index is 486. The summed E-state index contributed by atoms with van der Waals surface area (Å²) in [6, 6.07) is 8.57. The first kappa shape index (κ1) is 14.1. The number of rotatable bonds is 3. The van der Waals surface area contributed by atoms with Gasteiger partial charge < -0.3 is 10.8 Å². The summed E-state index contributed by atoms with van der Waals surface area (Å²) in [5.41, 5.74) is 8.25. The van der Waals surface area contributed by atoms with Crippen LogP contribution in [0.3, 0.4) is 0 Å². The van der Waals surface area contributed by atoms with Gasteiger partial charge in [-0.15, -0.1) is 0 Å². The topological polar surface area (TPSA) is 46.2 Å². The Balaban J connectivity index is 1.89. The first-order valence-corrected chi connectivity index (χ1v) is 8.12. The molecule has 2 nitrogen and oxygen atoms in total. The monoisotopic (exact) mass is 273 g/mol. The predicted octanol–water partition coefficient (Wildman–Crippen LogP) is 3.06. The van der Waals surface area contributed by atoms with Crippen LogP contribution >= 0.6 is 0 Å². The molecule has 110 valence electrons. The Morgan fingerprint density at radius 1 is 1.25 bits per heavy atom. The van der Waals surface area contributed by atoms with Crippen molar-refractivity contribution in [3.8, 4) is 0 Å². The molecule has 0 aromatic heterocycles. The molecule has 0 bridgehead atoms. The average molecular weight is 273 g/mol. The predicted molar refractivity (Wildman–Crippen MR) is 82.5 cm³/mol. The number of fused-ring (bicyclic) bond motifs is 1. The second-order valence-electron chi connectivity index (χ2n) is 6.98. The second-order valence-corrected chi connectivity index (χ2v) is 6.98. The maximum absolute atomic E-state index is 11.4. The van der Waals surface area contributed by atoms with Crippen molar-refractivity contribution >= 4 is 0 Å². The fourth-order valence-electron chi connectivity index (χ4n) is 4.56. The fraction of sp³-hybridized carbons (Fsp3) is 0.667. The molecule has 3 N–H and O–H groups in total. The fourth-order valence-corrected chi connectivity index (χ4v) is 4.56. The maximum Gasteiger partial charge on any atom is 0.0759 e. The van der Waals surface area contributed by atoms with Crippen LogP contribution in [0.2, 0.25) is 0 Å². The lowest BCUT2D eigenvalue weighted by atomic mass is 9.62. The highest BCUT2D eigenvalue weighted by Gasteiger charge is 2.53. The van der Waals surface area contributed by atoms with Gasteiger partial charge in [0.2, 0.25) is 0 Å². The highest BCUT2D eigenvalue weighted by molar-refractivity contribution is 5.33. The molecule has 2 aliphatic rings. The third-order valence-corrected chi connectivity index (χ3v) is 6.08. The first-order valence-electron chi connectivity index (χ1n) is 8.12. The quantitative estimate of drug-likeness (QED) is 0.889. The van der Waals surface area contributed by atoms with Gasteiger partial charge in [-0.25, -0.2) is 0 Å². The molecule has 0 aliphatic heterocycles. The van der Waals surface area contributed by atoms with Crippen molar-refractivity contribution < 1.29 is 5.11 Å². The zero-order chi connectivity index (χ0) is 14.2. The van der Waals surface area contributed by atoms with Crippen LogP contribution in [0.4, 0.5) is 0 Å². The van der Waals surface area contributed by atoms with E-state index >= 15 is 0 Å². The van der Waals surface area contributed by atoms with E-state index < -0.39 is 5.60 Å². The van der Waals surface area contributed by atoms with Crippen LogP contribution in [0, 0.1) is 11.3 Å². The van der Waals surface area contributed by atoms with Gasteiger partial charge in [-0.1, -0.05) is 37.6 Å². The lowest BCUT2D eigenvalue weighted by Crippen LogP contribution is -2.54. The molecule has 1 aromatic carbocycles. The summed E-state index contributed by atoms with van der Waals surface area (Å²) in [6.45, 7) is 2.89. The van der Waals surface area contributed by atoms with Crippen LogP contribution in [0.1, 0.15) is 50.2 Å². The van der Waals surface area contributed by atoms with E-state index in [4.69, 9.17) is 5.73 Å². The minimum Gasteiger partial charge on any atom is -0.389 e. The van der Waals surface area contributed by atoms with Crippen molar-refractivity contribution in [2.75, 3.05) is 6.54 Å². The van der Waals surface area contributed by atoms with Gasteiger partial charge in [-0.2, -0.15) is 0 Å². The van der Waals surface area contributed by atoms with Crippen LogP contribution in [0.5, 0.6) is 0 Å². The van der Waals surface area contributed by atoms with Gasteiger partial charge in [-0.3, -0.25) is 0 Å². The van der Waals surface area contributed by atoms with Crippen molar-refractivity contribution in [1.29, 1.82) is 0 Å². The van der Waals surface area contributed by atoms with Gasteiger partial charge in [0.25, 0.3) is 0 Å². The van der Waals surface area contributed by atoms with E-state index in [-0.39, 0.29) is 5.41 Å². The Labute approximate surface area is 122 Å². The summed E-state index contributed by atoms with van der Waals surface area (Å²) >= 11 is 0. The molecule has 2 heteroatoms. The number of aliphatic hydroxyl groups is 1. The minimum atomic E-state index is -0.597. The highest BCUT2D eigenvalue weighted by Crippen LogP contribution is 2.53. The van der Waals surface area contributed by atoms with Gasteiger partial charge in [0.15, 0.2) is 0 Å². The summed E-state index contributed by atoms with van der Waals surface area (Å²) in [6.07, 6.45) is 7.31. The van der Waals surface area contributed by atoms with E-state index in [1.807, 2.05) is 0 Å². The number of hydrogen-bond donors (Lipinski definition) is 2. The van der Waals surface area contributed by atoms with E-state index in [1.165, 1.54) is 24.0 Å². The van der Waals surface area contributed by atoms with Crippen molar-refractivity contribution in [2.24, 2.45) is 17.1 Å². The molecular formula is C18H27NO. The number of hydrogen-bond acceptors (Lipinski definition) is 2. The van der Waals surface area contributed by atoms with Crippen LogP contribution in [-0.2, 0) is 12.8 Å². The van der Waals surface area contributed by atoms with E-state index in [0.717, 1.165) is 38.0 Å². The second kappa shape index (κ2) is 5.16. The van der Waals surface area contributed by atoms with Gasteiger partial charge in [0.1, 0.15) is 0 Å². The van der Waals surface area contributed by atoms with Crippen molar-refractivity contribution in [3.63, 3.8) is 0 Å². The summed E-state index contributed by atoms with van der Waals surface area (Å²) in [5.74, 6) is 0.750. The Hall–Kier alpha value is -0.860. The van der Waals surface area contributed by atoms with Gasteiger partial charge >= 0.3 is 0 Å². The average Bonchev–Trinajstić information content (AvgIpc) is 2.92. The summed E-state index contributed by atoms with van der Waals surface area (Å²) in [5, 5.41) is 11.4. The molecule has 3 atom stereocenters. The zero-order valence-corrected chi connectivity index (χ0v) is 12.6. The van der Waals surface area contributed by atoms with E-state index in [9.17, 15) is 5.11 Å². The molecule has 0 spiro atoms. The molecule has 1 fully saturated rings. The molecular weight excluding hydrogens is 246 g/mol. The third-order valence-electron chi connectivity index (χ3n) is 6.08.